The number of carbonyl (C=O) groups is 2. The number of hydrogen-bond acceptors (Lipinski definition) is 5. The first-order valence-electron chi connectivity index (χ1n) is 11.8. The Morgan fingerprint density at radius 3 is 2.33 bits per heavy atom. The van der Waals surface area contributed by atoms with E-state index < -0.39 is 18.1 Å². The summed E-state index contributed by atoms with van der Waals surface area (Å²) < 4.78 is 5.15. The third-order valence-corrected chi connectivity index (χ3v) is 6.13. The van der Waals surface area contributed by atoms with E-state index in [9.17, 15) is 14.7 Å². The van der Waals surface area contributed by atoms with E-state index in [-0.39, 0.29) is 5.91 Å². The number of anilines is 1. The van der Waals surface area contributed by atoms with Gasteiger partial charge in [-0.15, -0.1) is 0 Å². The van der Waals surface area contributed by atoms with Crippen LogP contribution >= 0.6 is 0 Å². The Bertz CT molecular complexity index is 867. The van der Waals surface area contributed by atoms with Crippen LogP contribution in [-0.4, -0.2) is 43.2 Å². The molecule has 7 nitrogen and oxygen atoms in total. The van der Waals surface area contributed by atoms with E-state index in [2.05, 4.69) is 16.0 Å². The third-order valence-electron chi connectivity index (χ3n) is 6.13. The standard InChI is InChI=1S/C26H35N3O4/c1-33-22-14-12-21(13-15-22)27-16-17-28-25(31)23(18-19-8-4-2-5-9-19)29-26(32)24(30)20-10-6-3-7-11-20/h3,6-7,10-15,19,23-24,27,30H,2,4-5,8-9,16-18H2,1H3,(H,28,31)(H,29,32)/t23?,24-/m0/s1. The number of aliphatic hydroxyl groups is 1. The number of ether oxygens (including phenoxy) is 1. The molecule has 1 fully saturated rings. The molecule has 0 heterocycles. The van der Waals surface area contributed by atoms with Crippen molar-refractivity contribution in [2.75, 3.05) is 25.5 Å². The highest BCUT2D eigenvalue weighted by atomic mass is 16.5. The normalized spacial score (nSPS) is 15.8. The number of methoxy groups -OCH3 is 1. The maximum absolute atomic E-state index is 13.0. The van der Waals surface area contributed by atoms with Crippen LogP contribution in [0.4, 0.5) is 5.69 Å². The summed E-state index contributed by atoms with van der Waals surface area (Å²) in [5, 5.41) is 19.4. The number of rotatable bonds is 11. The molecule has 4 N–H and O–H groups in total. The van der Waals surface area contributed by atoms with Crippen molar-refractivity contribution in [2.24, 2.45) is 5.92 Å². The average Bonchev–Trinajstić information content (AvgIpc) is 2.87. The molecule has 2 atom stereocenters. The molecule has 0 radical (unpaired) electrons. The molecule has 1 unspecified atom stereocenters. The van der Waals surface area contributed by atoms with Crippen LogP contribution in [-0.2, 0) is 9.59 Å². The summed E-state index contributed by atoms with van der Waals surface area (Å²) in [6.07, 6.45) is 4.97. The maximum Gasteiger partial charge on any atom is 0.254 e. The van der Waals surface area contributed by atoms with Gasteiger partial charge in [-0.05, 0) is 42.2 Å². The largest absolute Gasteiger partial charge is 0.497 e. The Labute approximate surface area is 195 Å². The van der Waals surface area contributed by atoms with Crippen molar-refractivity contribution >= 4 is 17.5 Å². The van der Waals surface area contributed by atoms with Crippen LogP contribution in [0.3, 0.4) is 0 Å². The monoisotopic (exact) mass is 453 g/mol. The highest BCUT2D eigenvalue weighted by Gasteiger charge is 2.28. The van der Waals surface area contributed by atoms with Gasteiger partial charge in [0, 0.05) is 18.8 Å². The van der Waals surface area contributed by atoms with Gasteiger partial charge in [-0.1, -0.05) is 62.4 Å². The zero-order chi connectivity index (χ0) is 23.5. The van der Waals surface area contributed by atoms with E-state index in [4.69, 9.17) is 4.74 Å². The van der Waals surface area contributed by atoms with Gasteiger partial charge in [-0.2, -0.15) is 0 Å². The highest BCUT2D eigenvalue weighted by molar-refractivity contribution is 5.89. The number of nitrogens with one attached hydrogen (secondary N) is 3. The van der Waals surface area contributed by atoms with Crippen LogP contribution < -0.4 is 20.7 Å². The molecule has 1 aliphatic rings. The molecule has 0 bridgehead atoms. The molecule has 0 spiro atoms. The maximum atomic E-state index is 13.0. The van der Waals surface area contributed by atoms with Crippen LogP contribution in [0, 0.1) is 5.92 Å². The van der Waals surface area contributed by atoms with Crippen molar-refractivity contribution in [3.05, 3.63) is 60.2 Å². The highest BCUT2D eigenvalue weighted by Crippen LogP contribution is 2.27. The first kappa shape index (κ1) is 24.6. The van der Waals surface area contributed by atoms with Gasteiger partial charge in [0.2, 0.25) is 5.91 Å². The molecule has 2 aromatic carbocycles. The smallest absolute Gasteiger partial charge is 0.254 e. The van der Waals surface area contributed by atoms with Gasteiger partial charge in [-0.25, -0.2) is 0 Å². The lowest BCUT2D eigenvalue weighted by Gasteiger charge is -2.27. The second kappa shape index (κ2) is 12.8. The number of carbonyl (C=O) groups excluding carboxylic acids is 2. The fourth-order valence-electron chi connectivity index (χ4n) is 4.25. The van der Waals surface area contributed by atoms with Crippen molar-refractivity contribution in [2.45, 2.75) is 50.7 Å². The zero-order valence-electron chi connectivity index (χ0n) is 19.3. The molecular formula is C26H35N3O4. The molecule has 33 heavy (non-hydrogen) atoms. The Hall–Kier alpha value is -3.06. The fraction of sp³-hybridized carbons (Fsp3) is 0.462. The summed E-state index contributed by atoms with van der Waals surface area (Å²) in [4.78, 5) is 25.7. The topological polar surface area (TPSA) is 99.7 Å². The molecule has 1 saturated carbocycles. The van der Waals surface area contributed by atoms with Gasteiger partial charge in [0.25, 0.3) is 5.91 Å². The molecule has 3 rings (SSSR count). The minimum absolute atomic E-state index is 0.217. The van der Waals surface area contributed by atoms with E-state index in [0.717, 1.165) is 37.1 Å². The predicted octanol–water partition coefficient (Wildman–Crippen LogP) is 3.41. The first-order chi connectivity index (χ1) is 16.1. The number of benzene rings is 2. The molecule has 2 aromatic rings. The van der Waals surface area contributed by atoms with Crippen molar-refractivity contribution in [3.63, 3.8) is 0 Å². The van der Waals surface area contributed by atoms with Crippen molar-refractivity contribution in [1.29, 1.82) is 0 Å². The van der Waals surface area contributed by atoms with Gasteiger partial charge in [0.05, 0.1) is 7.11 Å². The zero-order valence-corrected chi connectivity index (χ0v) is 19.3. The Morgan fingerprint density at radius 1 is 0.970 bits per heavy atom. The van der Waals surface area contributed by atoms with Crippen molar-refractivity contribution in [1.82, 2.24) is 10.6 Å². The Kier molecular flexibility index (Phi) is 9.57. The Balaban J connectivity index is 1.54. The fourth-order valence-corrected chi connectivity index (χ4v) is 4.25. The number of hydrogen-bond donors (Lipinski definition) is 4. The van der Waals surface area contributed by atoms with Crippen LogP contribution in [0.1, 0.15) is 50.2 Å². The molecule has 7 heteroatoms. The number of amides is 2. The summed E-state index contributed by atoms with van der Waals surface area (Å²) >= 11 is 0. The van der Waals surface area contributed by atoms with E-state index >= 15 is 0 Å². The molecule has 1 aliphatic carbocycles. The van der Waals surface area contributed by atoms with Gasteiger partial charge in [0.15, 0.2) is 6.10 Å². The quantitative estimate of drug-likeness (QED) is 0.391. The second-order valence-corrected chi connectivity index (χ2v) is 8.56. The second-order valence-electron chi connectivity index (χ2n) is 8.56. The third kappa shape index (κ3) is 7.79. The minimum atomic E-state index is -1.30. The summed E-state index contributed by atoms with van der Waals surface area (Å²) in [6.45, 7) is 0.970. The molecule has 2 amide bonds. The average molecular weight is 454 g/mol. The van der Waals surface area contributed by atoms with Crippen molar-refractivity contribution < 1.29 is 19.4 Å². The summed E-state index contributed by atoms with van der Waals surface area (Å²) in [5.74, 6) is 0.424. The van der Waals surface area contributed by atoms with Gasteiger partial charge >= 0.3 is 0 Å². The van der Waals surface area contributed by atoms with E-state index in [1.54, 1.807) is 31.4 Å². The van der Waals surface area contributed by atoms with E-state index in [0.29, 0.717) is 31.0 Å². The first-order valence-corrected chi connectivity index (χ1v) is 11.8. The van der Waals surface area contributed by atoms with Crippen LogP contribution in [0.5, 0.6) is 5.75 Å². The molecule has 178 valence electrons. The van der Waals surface area contributed by atoms with Crippen LogP contribution in [0.25, 0.3) is 0 Å². The minimum Gasteiger partial charge on any atom is -0.497 e. The summed E-state index contributed by atoms with van der Waals surface area (Å²) in [7, 11) is 1.62. The van der Waals surface area contributed by atoms with Crippen LogP contribution in [0.2, 0.25) is 0 Å². The predicted molar refractivity (Wildman–Crippen MR) is 129 cm³/mol. The van der Waals surface area contributed by atoms with Gasteiger partial charge < -0.3 is 25.8 Å². The molecule has 0 aliphatic heterocycles. The molecule has 0 saturated heterocycles. The molecule has 0 aromatic heterocycles. The summed E-state index contributed by atoms with van der Waals surface area (Å²) in [5.41, 5.74) is 1.44. The lowest BCUT2D eigenvalue weighted by Crippen LogP contribution is -2.49. The van der Waals surface area contributed by atoms with E-state index in [1.807, 2.05) is 30.3 Å². The molecular weight excluding hydrogens is 418 g/mol. The Morgan fingerprint density at radius 2 is 1.67 bits per heavy atom. The SMILES string of the molecule is COc1ccc(NCCNC(=O)C(CC2CCCCC2)NC(=O)[C@@H](O)c2ccccc2)cc1. The van der Waals surface area contributed by atoms with Crippen LogP contribution in [0.15, 0.2) is 54.6 Å². The lowest BCUT2D eigenvalue weighted by atomic mass is 9.84. The summed E-state index contributed by atoms with van der Waals surface area (Å²) in [6, 6.07) is 15.7. The number of aliphatic hydroxyl groups excluding tert-OH is 1. The van der Waals surface area contributed by atoms with Gasteiger partial charge in [-0.3, -0.25) is 9.59 Å². The lowest BCUT2D eigenvalue weighted by molar-refractivity contribution is -0.134. The van der Waals surface area contributed by atoms with Gasteiger partial charge in [0.1, 0.15) is 11.8 Å². The van der Waals surface area contributed by atoms with E-state index in [1.165, 1.54) is 6.42 Å². The van der Waals surface area contributed by atoms with Crippen molar-refractivity contribution in [3.8, 4) is 5.75 Å².